The Morgan fingerprint density at radius 3 is 2.19 bits per heavy atom. The minimum absolute atomic E-state index is 0.294. The van der Waals surface area contributed by atoms with E-state index in [0.717, 1.165) is 25.7 Å². The van der Waals surface area contributed by atoms with E-state index in [1.54, 1.807) is 4.31 Å². The second-order valence-corrected chi connectivity index (χ2v) is 8.50. The summed E-state index contributed by atoms with van der Waals surface area (Å²) in [4.78, 5) is 0. The van der Waals surface area contributed by atoms with Gasteiger partial charge in [-0.15, -0.1) is 0 Å². The molecule has 0 aromatic heterocycles. The maximum atomic E-state index is 13.1. The van der Waals surface area contributed by atoms with Crippen LogP contribution in [0.25, 0.3) is 0 Å². The Kier molecular flexibility index (Phi) is 6.05. The summed E-state index contributed by atoms with van der Waals surface area (Å²) in [6.45, 7) is 4.01. The van der Waals surface area contributed by atoms with Gasteiger partial charge in [0.05, 0.1) is 5.25 Å². The smallest absolute Gasteiger partial charge is 0.217 e. The molecule has 0 aromatic rings. The van der Waals surface area contributed by atoms with Crippen LogP contribution in [0.15, 0.2) is 0 Å². The Labute approximate surface area is 129 Å². The molecule has 2 fully saturated rings. The summed E-state index contributed by atoms with van der Waals surface area (Å²) in [6.07, 6.45) is 7.57. The lowest BCUT2D eigenvalue weighted by Crippen LogP contribution is -2.58. The van der Waals surface area contributed by atoms with Crippen molar-refractivity contribution in [2.45, 2.75) is 69.1 Å². The van der Waals surface area contributed by atoms with Gasteiger partial charge in [0.1, 0.15) is 0 Å². The van der Waals surface area contributed by atoms with Crippen molar-refractivity contribution in [1.29, 1.82) is 0 Å². The summed E-state index contributed by atoms with van der Waals surface area (Å²) in [5, 5.41) is -0.294. The number of rotatable bonds is 5. The molecule has 5 nitrogen and oxygen atoms in total. The molecule has 1 saturated carbocycles. The summed E-state index contributed by atoms with van der Waals surface area (Å²) >= 11 is 0. The molecule has 0 aromatic carbocycles. The molecule has 0 spiro atoms. The Balaban J connectivity index is 2.26. The first-order valence-corrected chi connectivity index (χ1v) is 9.86. The van der Waals surface area contributed by atoms with Gasteiger partial charge >= 0.3 is 0 Å². The van der Waals surface area contributed by atoms with Gasteiger partial charge in [0.2, 0.25) is 10.0 Å². The number of ether oxygens (including phenoxy) is 1. The minimum atomic E-state index is -3.29. The van der Waals surface area contributed by atoms with Crippen LogP contribution in [0, 0.1) is 0 Å². The highest BCUT2D eigenvalue weighted by Gasteiger charge is 2.44. The van der Waals surface area contributed by atoms with Gasteiger partial charge in [-0.25, -0.2) is 8.42 Å². The van der Waals surface area contributed by atoms with Gasteiger partial charge in [0.15, 0.2) is 0 Å². The fourth-order valence-electron chi connectivity index (χ4n) is 3.88. The molecule has 6 heteroatoms. The highest BCUT2D eigenvalue weighted by atomic mass is 32.2. The summed E-state index contributed by atoms with van der Waals surface area (Å²) < 4.78 is 33.3. The SMILES string of the molecule is CCN(C1(CN)CCCCCC1)S(=O)(=O)C1CCOCC1. The average molecular weight is 318 g/mol. The van der Waals surface area contributed by atoms with Crippen molar-refractivity contribution in [3.05, 3.63) is 0 Å². The lowest BCUT2D eigenvalue weighted by Gasteiger charge is -2.43. The quantitative estimate of drug-likeness (QED) is 0.785. The Bertz CT molecular complexity index is 411. The lowest BCUT2D eigenvalue weighted by molar-refractivity contribution is 0.0944. The second kappa shape index (κ2) is 7.40. The number of sulfonamides is 1. The number of hydrogen-bond acceptors (Lipinski definition) is 4. The van der Waals surface area contributed by atoms with Crippen LogP contribution in [0.3, 0.4) is 0 Å². The largest absolute Gasteiger partial charge is 0.381 e. The number of nitrogens with zero attached hydrogens (tertiary/aromatic N) is 1. The molecule has 124 valence electrons. The van der Waals surface area contributed by atoms with E-state index in [0.29, 0.717) is 39.1 Å². The predicted molar refractivity (Wildman–Crippen MR) is 84.6 cm³/mol. The molecule has 1 aliphatic carbocycles. The van der Waals surface area contributed by atoms with E-state index in [1.165, 1.54) is 12.8 Å². The maximum absolute atomic E-state index is 13.1. The molecular formula is C15H30N2O3S. The van der Waals surface area contributed by atoms with Crippen LogP contribution in [-0.2, 0) is 14.8 Å². The van der Waals surface area contributed by atoms with Crippen molar-refractivity contribution < 1.29 is 13.2 Å². The van der Waals surface area contributed by atoms with Gasteiger partial charge < -0.3 is 10.5 Å². The molecule has 2 rings (SSSR count). The molecule has 21 heavy (non-hydrogen) atoms. The summed E-state index contributed by atoms with van der Waals surface area (Å²) in [7, 11) is -3.29. The topological polar surface area (TPSA) is 72.6 Å². The summed E-state index contributed by atoms with van der Waals surface area (Å²) in [5.74, 6) is 0. The molecule has 0 atom stereocenters. The van der Waals surface area contributed by atoms with Crippen molar-refractivity contribution in [3.63, 3.8) is 0 Å². The van der Waals surface area contributed by atoms with E-state index in [9.17, 15) is 8.42 Å². The van der Waals surface area contributed by atoms with E-state index in [-0.39, 0.29) is 10.8 Å². The monoisotopic (exact) mass is 318 g/mol. The first-order chi connectivity index (χ1) is 10.1. The van der Waals surface area contributed by atoms with Crippen molar-refractivity contribution in [3.8, 4) is 0 Å². The highest BCUT2D eigenvalue weighted by molar-refractivity contribution is 7.89. The van der Waals surface area contributed by atoms with Crippen LogP contribution in [-0.4, -0.2) is 49.8 Å². The molecule has 2 aliphatic rings. The number of nitrogens with two attached hydrogens (primary N) is 1. The zero-order valence-corrected chi connectivity index (χ0v) is 14.0. The molecule has 0 amide bonds. The maximum Gasteiger partial charge on any atom is 0.217 e. The Morgan fingerprint density at radius 1 is 1.14 bits per heavy atom. The standard InChI is InChI=1S/C15H30N2O3S/c1-2-17(15(13-16)9-5-3-4-6-10-15)21(18,19)14-7-11-20-12-8-14/h14H,2-13,16H2,1H3. The minimum Gasteiger partial charge on any atom is -0.381 e. The van der Waals surface area contributed by atoms with Crippen LogP contribution < -0.4 is 5.73 Å². The van der Waals surface area contributed by atoms with Crippen molar-refractivity contribution in [2.24, 2.45) is 5.73 Å². The molecule has 0 radical (unpaired) electrons. The Hall–Kier alpha value is -0.170. The predicted octanol–water partition coefficient (Wildman–Crippen LogP) is 1.87. The number of hydrogen-bond donors (Lipinski definition) is 1. The highest BCUT2D eigenvalue weighted by Crippen LogP contribution is 2.35. The third kappa shape index (κ3) is 3.60. The zero-order chi connectivity index (χ0) is 15.3. The molecule has 1 saturated heterocycles. The van der Waals surface area contributed by atoms with Gasteiger partial charge in [0, 0.05) is 31.8 Å². The van der Waals surface area contributed by atoms with Gasteiger partial charge in [-0.2, -0.15) is 4.31 Å². The van der Waals surface area contributed by atoms with E-state index in [4.69, 9.17) is 10.5 Å². The van der Waals surface area contributed by atoms with E-state index in [2.05, 4.69) is 0 Å². The van der Waals surface area contributed by atoms with Crippen molar-refractivity contribution >= 4 is 10.0 Å². The molecule has 1 aliphatic heterocycles. The van der Waals surface area contributed by atoms with Crippen LogP contribution in [0.5, 0.6) is 0 Å². The fraction of sp³-hybridized carbons (Fsp3) is 1.00. The average Bonchev–Trinajstić information content (AvgIpc) is 2.75. The third-order valence-electron chi connectivity index (χ3n) is 5.13. The third-order valence-corrected chi connectivity index (χ3v) is 7.70. The van der Waals surface area contributed by atoms with Gasteiger partial charge in [0.25, 0.3) is 0 Å². The van der Waals surface area contributed by atoms with Crippen molar-refractivity contribution in [1.82, 2.24) is 4.31 Å². The summed E-state index contributed by atoms with van der Waals surface area (Å²) in [5.41, 5.74) is 5.72. The van der Waals surface area contributed by atoms with Crippen LogP contribution in [0.2, 0.25) is 0 Å². The zero-order valence-electron chi connectivity index (χ0n) is 13.2. The first kappa shape index (κ1) is 17.2. The number of likely N-dealkylation sites (N-methyl/N-ethyl adjacent to an activating group) is 1. The van der Waals surface area contributed by atoms with Gasteiger partial charge in [-0.05, 0) is 25.7 Å². The van der Waals surface area contributed by atoms with E-state index < -0.39 is 10.0 Å². The Morgan fingerprint density at radius 2 is 1.71 bits per heavy atom. The van der Waals surface area contributed by atoms with E-state index in [1.807, 2.05) is 6.92 Å². The normalized spacial score (nSPS) is 24.9. The van der Waals surface area contributed by atoms with Crippen LogP contribution >= 0.6 is 0 Å². The first-order valence-electron chi connectivity index (χ1n) is 8.36. The molecule has 0 bridgehead atoms. The molecular weight excluding hydrogens is 288 g/mol. The van der Waals surface area contributed by atoms with Crippen molar-refractivity contribution in [2.75, 3.05) is 26.3 Å². The fourth-order valence-corrected chi connectivity index (χ4v) is 6.19. The molecule has 0 unspecified atom stereocenters. The van der Waals surface area contributed by atoms with E-state index >= 15 is 0 Å². The van der Waals surface area contributed by atoms with Gasteiger partial charge in [-0.1, -0.05) is 32.6 Å². The van der Waals surface area contributed by atoms with Crippen LogP contribution in [0.1, 0.15) is 58.3 Å². The van der Waals surface area contributed by atoms with Gasteiger partial charge in [-0.3, -0.25) is 0 Å². The summed E-state index contributed by atoms with van der Waals surface area (Å²) in [6, 6.07) is 0. The molecule has 1 heterocycles. The lowest BCUT2D eigenvalue weighted by atomic mass is 9.90. The van der Waals surface area contributed by atoms with Crippen LogP contribution in [0.4, 0.5) is 0 Å². The molecule has 2 N–H and O–H groups in total. The second-order valence-electron chi connectivity index (χ2n) is 6.36.